The summed E-state index contributed by atoms with van der Waals surface area (Å²) >= 11 is 0. The molecule has 0 spiro atoms. The van der Waals surface area contributed by atoms with Crippen LogP contribution in [0.15, 0.2) is 67.3 Å². The van der Waals surface area contributed by atoms with Gasteiger partial charge < -0.3 is 14.6 Å². The van der Waals surface area contributed by atoms with Crippen LogP contribution in [0.1, 0.15) is 75.0 Å². The molecule has 208 valence electrons. The molecule has 4 rings (SSSR count). The Hall–Kier alpha value is -3.25. The van der Waals surface area contributed by atoms with Gasteiger partial charge in [-0.3, -0.25) is 0 Å². The van der Waals surface area contributed by atoms with Crippen LogP contribution in [0.3, 0.4) is 0 Å². The number of hydrogen-bond donors (Lipinski definition) is 1. The zero-order valence-electron chi connectivity index (χ0n) is 22.5. The van der Waals surface area contributed by atoms with Gasteiger partial charge >= 0.3 is 0 Å². The summed E-state index contributed by atoms with van der Waals surface area (Å²) in [7, 11) is 0. The first kappa shape index (κ1) is 28.8. The van der Waals surface area contributed by atoms with Crippen molar-refractivity contribution in [2.75, 3.05) is 13.2 Å². The summed E-state index contributed by atoms with van der Waals surface area (Å²) in [6.07, 6.45) is 6.42. The highest BCUT2D eigenvalue weighted by Gasteiger charge is 2.27. The molecule has 1 unspecified atom stereocenters. The fourth-order valence-electron chi connectivity index (χ4n) is 5.22. The van der Waals surface area contributed by atoms with Crippen molar-refractivity contribution in [3.8, 4) is 22.6 Å². The minimum atomic E-state index is -0.834. The zero-order chi connectivity index (χ0) is 27.8. The van der Waals surface area contributed by atoms with Crippen molar-refractivity contribution in [3.63, 3.8) is 0 Å². The van der Waals surface area contributed by atoms with Crippen molar-refractivity contribution in [3.05, 3.63) is 95.8 Å². The smallest absolute Gasteiger partial charge is 0.168 e. The zero-order valence-corrected chi connectivity index (χ0v) is 22.5. The van der Waals surface area contributed by atoms with Crippen LogP contribution in [-0.2, 0) is 0 Å². The average Bonchev–Trinajstić information content (AvgIpc) is 2.95. The van der Waals surface area contributed by atoms with E-state index in [1.807, 2.05) is 6.92 Å². The summed E-state index contributed by atoms with van der Waals surface area (Å²) in [5.41, 5.74) is 1.99. The SMILES string of the molecule is C=CCCOc1ccc(OCC2CCC(c3ccc(-c4ccc(C(O)CCC)cc4)c(F)c3F)CC2)cc1F. The highest BCUT2D eigenvalue weighted by atomic mass is 19.2. The Morgan fingerprint density at radius 3 is 2.36 bits per heavy atom. The molecule has 3 nitrogen and oxygen atoms in total. The lowest BCUT2D eigenvalue weighted by atomic mass is 9.78. The third-order valence-corrected chi connectivity index (χ3v) is 7.54. The Balaban J connectivity index is 1.32. The Kier molecular flexibility index (Phi) is 10.1. The molecule has 1 N–H and O–H groups in total. The first-order valence-electron chi connectivity index (χ1n) is 13.8. The van der Waals surface area contributed by atoms with Gasteiger partial charge in [-0.25, -0.2) is 13.2 Å². The van der Waals surface area contributed by atoms with Gasteiger partial charge in [-0.05, 0) is 79.2 Å². The molecule has 0 aromatic heterocycles. The van der Waals surface area contributed by atoms with Crippen molar-refractivity contribution in [2.45, 2.75) is 63.9 Å². The van der Waals surface area contributed by atoms with Crippen molar-refractivity contribution >= 4 is 0 Å². The second-order valence-electron chi connectivity index (χ2n) is 10.3. The molecule has 0 radical (unpaired) electrons. The average molecular weight is 539 g/mol. The topological polar surface area (TPSA) is 38.7 Å². The van der Waals surface area contributed by atoms with Crippen LogP contribution in [-0.4, -0.2) is 18.3 Å². The number of aliphatic hydroxyl groups excluding tert-OH is 1. The predicted molar refractivity (Wildman–Crippen MR) is 149 cm³/mol. The molecule has 1 aliphatic rings. The molecule has 0 aliphatic heterocycles. The van der Waals surface area contributed by atoms with Gasteiger partial charge in [0.2, 0.25) is 0 Å². The first-order valence-corrected chi connectivity index (χ1v) is 13.8. The molecule has 1 saturated carbocycles. The maximum atomic E-state index is 15.2. The number of benzene rings is 3. The monoisotopic (exact) mass is 538 g/mol. The lowest BCUT2D eigenvalue weighted by molar-refractivity contribution is 0.166. The van der Waals surface area contributed by atoms with Crippen molar-refractivity contribution in [1.29, 1.82) is 0 Å². The fraction of sp³-hybridized carbons (Fsp3) is 0.394. The van der Waals surface area contributed by atoms with Gasteiger partial charge in [0.15, 0.2) is 23.2 Å². The van der Waals surface area contributed by atoms with Crippen molar-refractivity contribution in [2.24, 2.45) is 5.92 Å². The first-order chi connectivity index (χ1) is 18.9. The van der Waals surface area contributed by atoms with E-state index >= 15 is 8.78 Å². The Bertz CT molecular complexity index is 1230. The van der Waals surface area contributed by atoms with Crippen LogP contribution in [0.5, 0.6) is 11.5 Å². The van der Waals surface area contributed by atoms with E-state index in [2.05, 4.69) is 6.58 Å². The lowest BCUT2D eigenvalue weighted by Crippen LogP contribution is -2.20. The van der Waals surface area contributed by atoms with Crippen molar-refractivity contribution in [1.82, 2.24) is 0 Å². The maximum absolute atomic E-state index is 15.2. The van der Waals surface area contributed by atoms with Gasteiger partial charge in [0, 0.05) is 11.6 Å². The molecule has 0 saturated heterocycles. The van der Waals surface area contributed by atoms with Gasteiger partial charge in [-0.15, -0.1) is 6.58 Å². The molecule has 3 aromatic rings. The Morgan fingerprint density at radius 1 is 0.949 bits per heavy atom. The van der Waals surface area contributed by atoms with E-state index in [0.29, 0.717) is 42.9 Å². The van der Waals surface area contributed by atoms with Gasteiger partial charge in [-0.2, -0.15) is 0 Å². The van der Waals surface area contributed by atoms with E-state index < -0.39 is 23.6 Å². The third kappa shape index (κ3) is 7.24. The molecule has 6 heteroatoms. The summed E-state index contributed by atoms with van der Waals surface area (Å²) in [6.45, 7) is 6.44. The quantitative estimate of drug-likeness (QED) is 0.185. The van der Waals surface area contributed by atoms with Crippen LogP contribution < -0.4 is 9.47 Å². The predicted octanol–water partition coefficient (Wildman–Crippen LogP) is 8.91. The summed E-state index contributed by atoms with van der Waals surface area (Å²) in [5.74, 6) is -1.24. The summed E-state index contributed by atoms with van der Waals surface area (Å²) in [4.78, 5) is 0. The van der Waals surface area contributed by atoms with Gasteiger partial charge in [0.1, 0.15) is 5.75 Å². The normalized spacial score (nSPS) is 18.0. The Labute approximate surface area is 229 Å². The third-order valence-electron chi connectivity index (χ3n) is 7.54. The van der Waals surface area contributed by atoms with Gasteiger partial charge in [0.25, 0.3) is 0 Å². The van der Waals surface area contributed by atoms with Crippen LogP contribution in [0.4, 0.5) is 13.2 Å². The minimum Gasteiger partial charge on any atom is -0.493 e. The molecule has 3 aromatic carbocycles. The number of hydrogen-bond acceptors (Lipinski definition) is 3. The minimum absolute atomic E-state index is 0.0548. The second kappa shape index (κ2) is 13.7. The highest BCUT2D eigenvalue weighted by molar-refractivity contribution is 5.65. The van der Waals surface area contributed by atoms with Crippen molar-refractivity contribution < 1.29 is 27.8 Å². The largest absolute Gasteiger partial charge is 0.493 e. The number of halogens is 3. The molecule has 1 aliphatic carbocycles. The molecule has 0 heterocycles. The van der Waals surface area contributed by atoms with Crippen LogP contribution in [0.25, 0.3) is 11.1 Å². The van der Waals surface area contributed by atoms with E-state index in [9.17, 15) is 9.50 Å². The lowest BCUT2D eigenvalue weighted by Gasteiger charge is -2.29. The van der Waals surface area contributed by atoms with Crippen LogP contribution in [0, 0.1) is 23.4 Å². The number of ether oxygens (including phenoxy) is 2. The van der Waals surface area contributed by atoms with Gasteiger partial charge in [-0.1, -0.05) is 55.8 Å². The second-order valence-corrected chi connectivity index (χ2v) is 10.3. The highest BCUT2D eigenvalue weighted by Crippen LogP contribution is 2.39. The van der Waals surface area contributed by atoms with Crippen LogP contribution in [0.2, 0.25) is 0 Å². The van der Waals surface area contributed by atoms with E-state index in [1.54, 1.807) is 54.6 Å². The summed E-state index contributed by atoms with van der Waals surface area (Å²) in [6, 6.07) is 14.9. The number of rotatable bonds is 12. The van der Waals surface area contributed by atoms with E-state index in [4.69, 9.17) is 9.47 Å². The maximum Gasteiger partial charge on any atom is 0.168 e. The molecule has 39 heavy (non-hydrogen) atoms. The van der Waals surface area contributed by atoms with Gasteiger partial charge in [0.05, 0.1) is 19.3 Å². The molecular weight excluding hydrogens is 501 g/mol. The van der Waals surface area contributed by atoms with Crippen LogP contribution >= 0.6 is 0 Å². The molecule has 1 atom stereocenters. The molecule has 0 amide bonds. The molecular formula is C33H37F3O3. The van der Waals surface area contributed by atoms with E-state index in [-0.39, 0.29) is 23.1 Å². The molecule has 0 bridgehead atoms. The standard InChI is InChI=1S/C33H37F3O3/c1-3-5-19-38-31-18-15-26(20-29(31)34)39-21-22-7-9-23(10-8-22)27-16-17-28(33(36)32(27)35)24-11-13-25(14-12-24)30(37)6-4-2/h3,11-18,20,22-23,30,37H,1,4-10,19,21H2,2H3. The van der Waals surface area contributed by atoms with E-state index in [1.165, 1.54) is 6.07 Å². The molecule has 1 fully saturated rings. The summed E-state index contributed by atoms with van der Waals surface area (Å²) in [5, 5.41) is 10.2. The number of aliphatic hydroxyl groups is 1. The van der Waals surface area contributed by atoms with E-state index in [0.717, 1.165) is 37.7 Å². The summed E-state index contributed by atoms with van der Waals surface area (Å²) < 4.78 is 55.8. The fourth-order valence-corrected chi connectivity index (χ4v) is 5.22. The Morgan fingerprint density at radius 2 is 1.69 bits per heavy atom.